The number of carbonyl (C=O) groups excluding carboxylic acids is 1. The van der Waals surface area contributed by atoms with Crippen molar-refractivity contribution in [1.82, 2.24) is 9.55 Å². The first-order valence-corrected chi connectivity index (χ1v) is 11.3. The lowest BCUT2D eigenvalue weighted by atomic mass is 10.2. The smallest absolute Gasteiger partial charge is 0.262 e. The molecule has 0 saturated heterocycles. The minimum Gasteiger partial charge on any atom is -0.311 e. The number of thiophene rings is 1. The fourth-order valence-corrected chi connectivity index (χ4v) is 6.45. The Morgan fingerprint density at radius 3 is 2.93 bits per heavy atom. The Balaban J connectivity index is 1.45. The van der Waals surface area contributed by atoms with Crippen LogP contribution in [0.1, 0.15) is 29.3 Å². The molecule has 1 amide bonds. The van der Waals surface area contributed by atoms with Gasteiger partial charge in [-0.1, -0.05) is 30.0 Å². The van der Waals surface area contributed by atoms with Crippen molar-refractivity contribution in [3.05, 3.63) is 50.6 Å². The lowest BCUT2D eigenvalue weighted by Crippen LogP contribution is -2.35. The molecule has 0 bridgehead atoms. The molecule has 0 fully saturated rings. The largest absolute Gasteiger partial charge is 0.311 e. The molecule has 0 unspecified atom stereocenters. The van der Waals surface area contributed by atoms with E-state index in [0.29, 0.717) is 11.7 Å². The molecule has 3 heterocycles. The fourth-order valence-electron chi connectivity index (χ4n) is 4.21. The maximum atomic E-state index is 13.1. The van der Waals surface area contributed by atoms with Crippen molar-refractivity contribution in [3.63, 3.8) is 0 Å². The molecular weight excluding hydrogens is 390 g/mol. The van der Waals surface area contributed by atoms with Crippen LogP contribution in [-0.4, -0.2) is 27.3 Å². The van der Waals surface area contributed by atoms with Crippen LogP contribution in [0.5, 0.6) is 0 Å². The number of thioether (sulfide) groups is 1. The number of nitrogens with zero attached hydrogens (tertiary/aromatic N) is 3. The molecule has 5 rings (SSSR count). The first kappa shape index (κ1) is 17.9. The molecule has 1 aliphatic carbocycles. The monoisotopic (exact) mass is 411 g/mol. The molecule has 0 saturated carbocycles. The predicted molar refractivity (Wildman–Crippen MR) is 115 cm³/mol. The van der Waals surface area contributed by atoms with E-state index in [-0.39, 0.29) is 16.7 Å². The third-order valence-electron chi connectivity index (χ3n) is 5.69. The van der Waals surface area contributed by atoms with Gasteiger partial charge in [0.15, 0.2) is 5.16 Å². The standard InChI is InChI=1S/C21H21N3O2S2/c1-12(19(25)24-11-10-13-6-3-4-8-15(13)24)27-21-22-18-17(20(26)23(21)2)14-7-5-9-16(14)28-18/h3-4,6,8,12H,5,7,9-11H2,1-2H3/t12-/m1/s1. The third kappa shape index (κ3) is 2.71. The Bertz CT molecular complexity index is 1160. The molecule has 1 aliphatic heterocycles. The zero-order valence-electron chi connectivity index (χ0n) is 15.9. The number of carbonyl (C=O) groups is 1. The van der Waals surface area contributed by atoms with Crippen LogP contribution >= 0.6 is 23.1 Å². The topological polar surface area (TPSA) is 55.2 Å². The van der Waals surface area contributed by atoms with Crippen molar-refractivity contribution < 1.29 is 4.79 Å². The van der Waals surface area contributed by atoms with Gasteiger partial charge in [0.1, 0.15) is 4.83 Å². The van der Waals surface area contributed by atoms with Gasteiger partial charge in [0, 0.05) is 24.2 Å². The van der Waals surface area contributed by atoms with E-state index in [1.807, 2.05) is 30.0 Å². The van der Waals surface area contributed by atoms with Crippen molar-refractivity contribution in [2.24, 2.45) is 7.05 Å². The summed E-state index contributed by atoms with van der Waals surface area (Å²) in [6.45, 7) is 2.62. The van der Waals surface area contributed by atoms with E-state index < -0.39 is 0 Å². The molecule has 0 radical (unpaired) electrons. The summed E-state index contributed by atoms with van der Waals surface area (Å²) in [7, 11) is 1.76. The summed E-state index contributed by atoms with van der Waals surface area (Å²) in [5.41, 5.74) is 3.43. The van der Waals surface area contributed by atoms with E-state index in [9.17, 15) is 9.59 Å². The minimum atomic E-state index is -0.312. The number of para-hydroxylation sites is 1. The summed E-state index contributed by atoms with van der Waals surface area (Å²) in [6, 6.07) is 8.07. The second kappa shape index (κ2) is 6.74. The van der Waals surface area contributed by atoms with Gasteiger partial charge in [-0.25, -0.2) is 4.98 Å². The highest BCUT2D eigenvalue weighted by molar-refractivity contribution is 8.00. The van der Waals surface area contributed by atoms with Crippen LogP contribution in [0, 0.1) is 0 Å². The van der Waals surface area contributed by atoms with E-state index in [1.165, 1.54) is 27.8 Å². The Kier molecular flexibility index (Phi) is 4.32. The molecular formula is C21H21N3O2S2. The molecule has 2 aliphatic rings. The van der Waals surface area contributed by atoms with Crippen LogP contribution in [-0.2, 0) is 31.1 Å². The van der Waals surface area contributed by atoms with Gasteiger partial charge in [-0.2, -0.15) is 0 Å². The summed E-state index contributed by atoms with van der Waals surface area (Å²) in [5.74, 6) is 0.0676. The van der Waals surface area contributed by atoms with E-state index in [1.54, 1.807) is 23.0 Å². The Morgan fingerprint density at radius 1 is 1.25 bits per heavy atom. The van der Waals surface area contributed by atoms with Gasteiger partial charge < -0.3 is 4.90 Å². The van der Waals surface area contributed by atoms with E-state index in [4.69, 9.17) is 4.98 Å². The molecule has 144 valence electrons. The van der Waals surface area contributed by atoms with Gasteiger partial charge in [-0.05, 0) is 49.8 Å². The molecule has 0 spiro atoms. The van der Waals surface area contributed by atoms with Gasteiger partial charge in [-0.3, -0.25) is 14.2 Å². The highest BCUT2D eigenvalue weighted by Gasteiger charge is 2.30. The highest BCUT2D eigenvalue weighted by Crippen LogP contribution is 2.36. The van der Waals surface area contributed by atoms with E-state index in [0.717, 1.165) is 41.6 Å². The van der Waals surface area contributed by atoms with Gasteiger partial charge in [0.05, 0.1) is 10.6 Å². The third-order valence-corrected chi connectivity index (χ3v) is 8.01. The Labute approximate surface area is 171 Å². The minimum absolute atomic E-state index is 0.0121. The van der Waals surface area contributed by atoms with Crippen LogP contribution in [0.4, 0.5) is 5.69 Å². The van der Waals surface area contributed by atoms with Crippen molar-refractivity contribution in [1.29, 1.82) is 0 Å². The number of fused-ring (bicyclic) bond motifs is 4. The van der Waals surface area contributed by atoms with Crippen LogP contribution in [0.25, 0.3) is 10.2 Å². The van der Waals surface area contributed by atoms with Gasteiger partial charge in [-0.15, -0.1) is 11.3 Å². The predicted octanol–water partition coefficient (Wildman–Crippen LogP) is 3.55. The van der Waals surface area contributed by atoms with Gasteiger partial charge in [0.25, 0.3) is 5.56 Å². The molecule has 28 heavy (non-hydrogen) atoms. The number of aryl methyl sites for hydroxylation is 2. The van der Waals surface area contributed by atoms with Crippen LogP contribution in [0.3, 0.4) is 0 Å². The van der Waals surface area contributed by atoms with Crippen LogP contribution < -0.4 is 10.5 Å². The average Bonchev–Trinajstić information content (AvgIpc) is 3.39. The summed E-state index contributed by atoms with van der Waals surface area (Å²) in [4.78, 5) is 34.8. The molecule has 0 N–H and O–H groups in total. The van der Waals surface area contributed by atoms with Crippen LogP contribution in [0.15, 0.2) is 34.2 Å². The maximum absolute atomic E-state index is 13.1. The molecule has 1 aromatic carbocycles. The molecule has 5 nitrogen and oxygen atoms in total. The van der Waals surface area contributed by atoms with Crippen LogP contribution in [0.2, 0.25) is 0 Å². The maximum Gasteiger partial charge on any atom is 0.262 e. The number of anilines is 1. The average molecular weight is 412 g/mol. The number of benzene rings is 1. The number of hydrogen-bond donors (Lipinski definition) is 0. The first-order valence-electron chi connectivity index (χ1n) is 9.62. The number of rotatable bonds is 3. The number of aromatic nitrogens is 2. The van der Waals surface area contributed by atoms with E-state index >= 15 is 0 Å². The molecule has 7 heteroatoms. The second-order valence-electron chi connectivity index (χ2n) is 7.42. The zero-order valence-corrected chi connectivity index (χ0v) is 17.5. The summed E-state index contributed by atoms with van der Waals surface area (Å²) >= 11 is 3.02. The quantitative estimate of drug-likeness (QED) is 0.489. The lowest BCUT2D eigenvalue weighted by molar-refractivity contribution is -0.117. The summed E-state index contributed by atoms with van der Waals surface area (Å²) in [5, 5.41) is 1.09. The molecule has 2 aromatic heterocycles. The van der Waals surface area contributed by atoms with Crippen molar-refractivity contribution in [2.75, 3.05) is 11.4 Å². The Hall–Kier alpha value is -2.12. The van der Waals surface area contributed by atoms with E-state index in [2.05, 4.69) is 6.07 Å². The lowest BCUT2D eigenvalue weighted by Gasteiger charge is -2.21. The van der Waals surface area contributed by atoms with Crippen molar-refractivity contribution >= 4 is 44.9 Å². The molecule has 1 atom stereocenters. The first-order chi connectivity index (χ1) is 13.5. The van der Waals surface area contributed by atoms with Gasteiger partial charge in [0.2, 0.25) is 5.91 Å². The van der Waals surface area contributed by atoms with Crippen molar-refractivity contribution in [2.45, 2.75) is 43.0 Å². The number of hydrogen-bond acceptors (Lipinski definition) is 5. The Morgan fingerprint density at radius 2 is 2.07 bits per heavy atom. The van der Waals surface area contributed by atoms with Crippen molar-refractivity contribution in [3.8, 4) is 0 Å². The van der Waals surface area contributed by atoms with Gasteiger partial charge >= 0.3 is 0 Å². The summed E-state index contributed by atoms with van der Waals surface area (Å²) in [6.07, 6.45) is 4.04. The SMILES string of the molecule is C[C@@H](Sc1nc2sc3c(c2c(=O)n1C)CCC3)C(=O)N1CCc2ccccc21. The zero-order chi connectivity index (χ0) is 19.4. The second-order valence-corrected chi connectivity index (χ2v) is 9.82. The fraction of sp³-hybridized carbons (Fsp3) is 0.381. The normalized spacial score (nSPS) is 16.4. The highest BCUT2D eigenvalue weighted by atomic mass is 32.2. The molecule has 3 aromatic rings. The summed E-state index contributed by atoms with van der Waals surface area (Å²) < 4.78 is 1.61. The number of amides is 1.